The molecule has 0 N–H and O–H groups in total. The second kappa shape index (κ2) is 15.3. The number of nitrogens with zero attached hydrogens (tertiary/aromatic N) is 3. The summed E-state index contributed by atoms with van der Waals surface area (Å²) in [7, 11) is 24.7. The quantitative estimate of drug-likeness (QED) is 0.159. The maximum absolute atomic E-state index is 7.19. The second-order valence-corrected chi connectivity index (χ2v) is 16.7. The first kappa shape index (κ1) is 39.5. The fourth-order valence-electron chi connectivity index (χ4n) is 9.36. The molecule has 0 fully saturated rings. The lowest BCUT2D eigenvalue weighted by atomic mass is 9.58. The molecule has 0 bridgehead atoms. The third-order valence-corrected chi connectivity index (χ3v) is 13.6. The van der Waals surface area contributed by atoms with E-state index in [1.807, 2.05) is 12.1 Å². The number of rotatable bonds is 6. The number of furan rings is 1. The van der Waals surface area contributed by atoms with Crippen molar-refractivity contribution in [3.63, 3.8) is 0 Å². The van der Waals surface area contributed by atoms with E-state index in [2.05, 4.69) is 183 Å². The molecule has 0 spiro atoms. The highest BCUT2D eigenvalue weighted by Crippen LogP contribution is 2.35. The third-order valence-electron chi connectivity index (χ3n) is 13.6. The minimum absolute atomic E-state index is 0.594. The van der Waals surface area contributed by atoms with Gasteiger partial charge in [-0.25, -0.2) is 15.0 Å². The van der Waals surface area contributed by atoms with E-state index in [4.69, 9.17) is 19.4 Å². The van der Waals surface area contributed by atoms with Crippen molar-refractivity contribution >= 4 is 168 Å². The van der Waals surface area contributed by atoms with Gasteiger partial charge in [-0.1, -0.05) is 147 Å². The molecule has 9 aromatic rings. The zero-order valence-electron chi connectivity index (χ0n) is 36.6. The summed E-state index contributed by atoms with van der Waals surface area (Å²) < 4.78 is 7.19. The molecule has 0 saturated carbocycles. The van der Waals surface area contributed by atoms with Crippen molar-refractivity contribution in [1.82, 2.24) is 15.0 Å². The Morgan fingerprint density at radius 2 is 0.617 bits per heavy atom. The molecular weight excluding hydrogens is 717 g/mol. The summed E-state index contributed by atoms with van der Waals surface area (Å²) in [6.45, 7) is 0. The fraction of sp³-hybridized carbons (Fsp3) is 0. The summed E-state index contributed by atoms with van der Waals surface area (Å²) in [5, 5.41) is 2.30. The van der Waals surface area contributed by atoms with Gasteiger partial charge in [0.2, 0.25) is 0 Å². The van der Waals surface area contributed by atoms with Gasteiger partial charge in [0.1, 0.15) is 97.5 Å². The van der Waals surface area contributed by atoms with Crippen molar-refractivity contribution in [2.45, 2.75) is 0 Å². The van der Waals surface area contributed by atoms with Gasteiger partial charge in [-0.15, -0.1) is 21.9 Å². The molecule has 274 valence electrons. The van der Waals surface area contributed by atoms with Gasteiger partial charge in [-0.05, 0) is 33.4 Å². The Kier molecular flexibility index (Phi) is 10.1. The van der Waals surface area contributed by atoms with Crippen molar-refractivity contribution in [1.29, 1.82) is 0 Å². The SMILES string of the molecule is Bc1c(B)c(B)c(-c2c(B)c(-c3nc(-c4ccc(-c5ccccc5)cc4)nc(-c4ccc(-c5ccccc5)cc4)n3)c3oc4c(B)c(B)c(B)c(B)c4c3c2B)c(B)c1B. The molecular formula is C45H40B11N3O. The van der Waals surface area contributed by atoms with E-state index in [0.29, 0.717) is 17.5 Å². The molecule has 0 aliphatic rings. The third kappa shape index (κ3) is 6.36. The van der Waals surface area contributed by atoms with Crippen LogP contribution in [0.25, 0.3) is 89.5 Å². The Morgan fingerprint density at radius 3 is 1.10 bits per heavy atom. The van der Waals surface area contributed by atoms with Gasteiger partial charge in [0.15, 0.2) is 17.5 Å². The summed E-state index contributed by atoms with van der Waals surface area (Å²) in [6.07, 6.45) is 0. The molecule has 0 radical (unpaired) electrons. The van der Waals surface area contributed by atoms with Gasteiger partial charge < -0.3 is 4.42 Å². The predicted molar refractivity (Wildman–Crippen MR) is 290 cm³/mol. The summed E-state index contributed by atoms with van der Waals surface area (Å²) in [6, 6.07) is 38.0. The standard InChI is InChI=1S/C45H40B11N3O/c46-30-25(26-32(48)35(51)38(54)36(52)33(26)49)31(47)29(41-27(30)28-34(50)37(53)39(55)40(56)42(28)60-41)45-58-43(23-15-11-21(12-16-23)19-7-3-1-4-8-19)57-44(59-45)24-17-13-22(14-18-24)20-9-5-2-6-10-20/h1-18H,46-56H2. The molecule has 7 aromatic carbocycles. The average Bonchev–Trinajstić information content (AvgIpc) is 3.69. The molecule has 0 saturated heterocycles. The zero-order chi connectivity index (χ0) is 42.1. The minimum atomic E-state index is 0.594. The van der Waals surface area contributed by atoms with Crippen LogP contribution in [0.1, 0.15) is 0 Å². The lowest BCUT2D eigenvalue weighted by Crippen LogP contribution is -2.56. The number of hydrogen-bond acceptors (Lipinski definition) is 4. The highest BCUT2D eigenvalue weighted by atomic mass is 16.3. The van der Waals surface area contributed by atoms with Crippen LogP contribution >= 0.6 is 0 Å². The maximum atomic E-state index is 7.19. The topological polar surface area (TPSA) is 51.8 Å². The maximum Gasteiger partial charge on any atom is 0.167 e. The van der Waals surface area contributed by atoms with E-state index in [1.54, 1.807) is 0 Å². The molecule has 0 unspecified atom stereocenters. The van der Waals surface area contributed by atoms with Crippen molar-refractivity contribution in [3.05, 3.63) is 109 Å². The number of fused-ring (bicyclic) bond motifs is 3. The summed E-state index contributed by atoms with van der Waals surface area (Å²) in [5.41, 5.74) is 25.5. The molecule has 2 aromatic heterocycles. The van der Waals surface area contributed by atoms with E-state index in [9.17, 15) is 0 Å². The van der Waals surface area contributed by atoms with Gasteiger partial charge in [0.25, 0.3) is 0 Å². The highest BCUT2D eigenvalue weighted by Gasteiger charge is 2.28. The van der Waals surface area contributed by atoms with E-state index < -0.39 is 0 Å². The van der Waals surface area contributed by atoms with Crippen LogP contribution in [0.3, 0.4) is 0 Å². The first-order valence-corrected chi connectivity index (χ1v) is 21.0. The molecule has 15 heteroatoms. The Morgan fingerprint density at radius 1 is 0.267 bits per heavy atom. The molecule has 0 amide bonds. The Hall–Kier alpha value is -5.94. The lowest BCUT2D eigenvalue weighted by molar-refractivity contribution is 0.673. The van der Waals surface area contributed by atoms with Crippen LogP contribution in [0.15, 0.2) is 114 Å². The van der Waals surface area contributed by atoms with Crippen LogP contribution < -0.4 is 60.1 Å². The molecule has 0 atom stereocenters. The highest BCUT2D eigenvalue weighted by molar-refractivity contribution is 6.71. The van der Waals surface area contributed by atoms with E-state index in [0.717, 1.165) is 66.4 Å². The van der Waals surface area contributed by atoms with Crippen molar-refractivity contribution in [2.24, 2.45) is 0 Å². The minimum Gasteiger partial charge on any atom is -0.456 e. The molecule has 9 rings (SSSR count). The first-order chi connectivity index (χ1) is 28.8. The summed E-state index contributed by atoms with van der Waals surface area (Å²) in [4.78, 5) is 16.0. The van der Waals surface area contributed by atoms with Crippen LogP contribution in [-0.2, 0) is 0 Å². The molecule has 60 heavy (non-hydrogen) atoms. The first-order valence-electron chi connectivity index (χ1n) is 21.0. The van der Waals surface area contributed by atoms with Crippen molar-refractivity contribution in [2.75, 3.05) is 0 Å². The van der Waals surface area contributed by atoms with Crippen LogP contribution in [0, 0.1) is 0 Å². The zero-order valence-corrected chi connectivity index (χ0v) is 36.6. The lowest BCUT2D eigenvalue weighted by Gasteiger charge is -2.25. The van der Waals surface area contributed by atoms with Crippen LogP contribution in [0.4, 0.5) is 0 Å². The smallest absolute Gasteiger partial charge is 0.167 e. The van der Waals surface area contributed by atoms with Crippen LogP contribution in [0.2, 0.25) is 0 Å². The van der Waals surface area contributed by atoms with Crippen LogP contribution in [-0.4, -0.2) is 101 Å². The number of aromatic nitrogens is 3. The average molecular weight is 758 g/mol. The Bertz CT molecular complexity index is 3060. The largest absolute Gasteiger partial charge is 0.456 e. The number of benzene rings is 7. The van der Waals surface area contributed by atoms with Crippen LogP contribution in [0.5, 0.6) is 0 Å². The van der Waals surface area contributed by atoms with E-state index >= 15 is 0 Å². The number of hydrogen-bond donors (Lipinski definition) is 0. The van der Waals surface area contributed by atoms with Gasteiger partial charge in [0.05, 0.1) is 5.56 Å². The molecule has 2 heterocycles. The van der Waals surface area contributed by atoms with Gasteiger partial charge in [0, 0.05) is 21.9 Å². The predicted octanol–water partition coefficient (Wildman–Crippen LogP) is -7.38. The second-order valence-electron chi connectivity index (χ2n) is 16.7. The monoisotopic (exact) mass is 759 g/mol. The van der Waals surface area contributed by atoms with E-state index in [1.165, 1.54) is 65.7 Å². The summed E-state index contributed by atoms with van der Waals surface area (Å²) >= 11 is 0. The molecule has 0 aliphatic carbocycles. The summed E-state index contributed by atoms with van der Waals surface area (Å²) in [5.74, 6) is 1.82. The van der Waals surface area contributed by atoms with Crippen molar-refractivity contribution < 1.29 is 4.42 Å². The van der Waals surface area contributed by atoms with Gasteiger partial charge in [-0.3, -0.25) is 0 Å². The fourth-order valence-corrected chi connectivity index (χ4v) is 9.36. The van der Waals surface area contributed by atoms with Gasteiger partial charge in [-0.2, -0.15) is 0 Å². The molecule has 4 nitrogen and oxygen atoms in total. The van der Waals surface area contributed by atoms with E-state index in [-0.39, 0.29) is 0 Å². The van der Waals surface area contributed by atoms with Gasteiger partial charge >= 0.3 is 0 Å². The molecule has 0 aliphatic heterocycles. The van der Waals surface area contributed by atoms with Crippen molar-refractivity contribution in [3.8, 4) is 67.5 Å². The normalized spacial score (nSPS) is 11.4. The Labute approximate surface area is 362 Å². The Balaban J connectivity index is 1.37.